The summed E-state index contributed by atoms with van der Waals surface area (Å²) in [6.07, 6.45) is 2.34. The molecule has 3 aromatic rings. The molecule has 0 aliphatic heterocycles. The highest BCUT2D eigenvalue weighted by Gasteiger charge is 2.40. The fourth-order valence-electron chi connectivity index (χ4n) is 5.09. The van der Waals surface area contributed by atoms with Gasteiger partial charge in [0.15, 0.2) is 5.65 Å². The second-order valence-electron chi connectivity index (χ2n) is 10.5. The third kappa shape index (κ3) is 6.89. The molecule has 3 aromatic heterocycles. The SMILES string of the molecule is O=C(CCC(F)(F)F)N[C@@H](c1cnn2cc([C@@H](NC(=O)c3cnccn3)C3CCC(F)(F)CC3)nc2c1)C1CC1. The van der Waals surface area contributed by atoms with Gasteiger partial charge < -0.3 is 10.6 Å². The molecule has 40 heavy (non-hydrogen) atoms. The van der Waals surface area contributed by atoms with Gasteiger partial charge in [0.25, 0.3) is 5.91 Å². The first kappa shape index (κ1) is 27.8. The Morgan fingerprint density at radius 1 is 1.02 bits per heavy atom. The molecule has 2 N–H and O–H groups in total. The Hall–Kier alpha value is -3.71. The molecule has 214 valence electrons. The zero-order valence-electron chi connectivity index (χ0n) is 21.4. The summed E-state index contributed by atoms with van der Waals surface area (Å²) >= 11 is 0. The van der Waals surface area contributed by atoms with Gasteiger partial charge in [-0.1, -0.05) is 0 Å². The van der Waals surface area contributed by atoms with Gasteiger partial charge in [0.2, 0.25) is 11.8 Å². The number of imidazole rings is 1. The molecule has 0 spiro atoms. The number of nitrogens with one attached hydrogen (secondary N) is 2. The Morgan fingerprint density at radius 3 is 2.40 bits per heavy atom. The van der Waals surface area contributed by atoms with Gasteiger partial charge in [-0.05, 0) is 49.1 Å². The van der Waals surface area contributed by atoms with E-state index in [9.17, 15) is 31.5 Å². The van der Waals surface area contributed by atoms with Crippen molar-refractivity contribution in [3.63, 3.8) is 0 Å². The van der Waals surface area contributed by atoms with E-state index in [0.717, 1.165) is 12.8 Å². The molecule has 5 rings (SSSR count). The Labute approximate surface area is 226 Å². The van der Waals surface area contributed by atoms with Crippen molar-refractivity contribution in [1.82, 2.24) is 35.2 Å². The van der Waals surface area contributed by atoms with Gasteiger partial charge in [-0.25, -0.2) is 23.3 Å². The van der Waals surface area contributed by atoms with Crippen molar-refractivity contribution < 1.29 is 31.5 Å². The van der Waals surface area contributed by atoms with Crippen LogP contribution in [0.15, 0.2) is 37.1 Å². The van der Waals surface area contributed by atoms with Crippen LogP contribution in [0.3, 0.4) is 0 Å². The Bertz CT molecular complexity index is 1350. The summed E-state index contributed by atoms with van der Waals surface area (Å²) in [4.78, 5) is 37.7. The minimum Gasteiger partial charge on any atom is -0.349 e. The molecular weight excluding hydrogens is 537 g/mol. The van der Waals surface area contributed by atoms with Gasteiger partial charge in [0, 0.05) is 31.7 Å². The molecule has 14 heteroatoms. The van der Waals surface area contributed by atoms with Crippen molar-refractivity contribution in [2.75, 3.05) is 0 Å². The fourth-order valence-corrected chi connectivity index (χ4v) is 5.09. The average Bonchev–Trinajstić information content (AvgIpc) is 3.67. The number of nitrogens with zero attached hydrogens (tertiary/aromatic N) is 5. The van der Waals surface area contributed by atoms with E-state index >= 15 is 0 Å². The molecule has 2 aliphatic carbocycles. The van der Waals surface area contributed by atoms with Crippen molar-refractivity contribution in [2.24, 2.45) is 11.8 Å². The molecule has 2 fully saturated rings. The minimum atomic E-state index is -4.42. The molecule has 2 saturated carbocycles. The number of amides is 2. The maximum absolute atomic E-state index is 13.9. The van der Waals surface area contributed by atoms with Crippen LogP contribution in [0.25, 0.3) is 5.65 Å². The third-order valence-corrected chi connectivity index (χ3v) is 7.40. The quantitative estimate of drug-likeness (QED) is 0.363. The maximum atomic E-state index is 13.9. The summed E-state index contributed by atoms with van der Waals surface area (Å²) in [6.45, 7) is 0. The van der Waals surface area contributed by atoms with E-state index in [0.29, 0.717) is 16.9 Å². The maximum Gasteiger partial charge on any atom is 0.389 e. The lowest BCUT2D eigenvalue weighted by Gasteiger charge is -2.33. The number of fused-ring (bicyclic) bond motifs is 1. The average molecular weight is 566 g/mol. The molecular formula is C26H28F5N7O2. The molecule has 0 unspecified atom stereocenters. The van der Waals surface area contributed by atoms with Crippen LogP contribution >= 0.6 is 0 Å². The topological polar surface area (TPSA) is 114 Å². The lowest BCUT2D eigenvalue weighted by molar-refractivity contribution is -0.144. The zero-order chi connectivity index (χ0) is 28.5. The highest BCUT2D eigenvalue weighted by Crippen LogP contribution is 2.43. The lowest BCUT2D eigenvalue weighted by atomic mass is 9.81. The molecule has 2 aliphatic rings. The Morgan fingerprint density at radius 2 is 1.75 bits per heavy atom. The number of aromatic nitrogens is 5. The molecule has 3 heterocycles. The molecule has 9 nitrogen and oxygen atoms in total. The van der Waals surface area contributed by atoms with Crippen molar-refractivity contribution in [3.05, 3.63) is 54.0 Å². The van der Waals surface area contributed by atoms with Crippen LogP contribution in [0.2, 0.25) is 0 Å². The van der Waals surface area contributed by atoms with Gasteiger partial charge in [0.1, 0.15) is 5.69 Å². The zero-order valence-corrected chi connectivity index (χ0v) is 21.4. The fraction of sp³-hybridized carbons (Fsp3) is 0.538. The largest absolute Gasteiger partial charge is 0.389 e. The standard InChI is InChI=1S/C26H28F5N7O2/c27-25(28)6-3-16(4-7-25)23(37-24(40)18-13-32-9-10-33-18)19-14-38-20(35-19)11-17(12-34-38)22(15-1-2-15)36-21(39)5-8-26(29,30)31/h9-16,22-23H,1-8H2,(H,36,39)(H,37,40)/t22-,23+/m1/s1. The normalized spacial score (nSPS) is 19.2. The predicted molar refractivity (Wildman–Crippen MR) is 131 cm³/mol. The monoisotopic (exact) mass is 565 g/mol. The van der Waals surface area contributed by atoms with Gasteiger partial charge in [-0.3, -0.25) is 14.6 Å². The second kappa shape index (κ2) is 11.0. The number of hydrogen-bond acceptors (Lipinski definition) is 6. The van der Waals surface area contributed by atoms with Crippen molar-refractivity contribution in [1.29, 1.82) is 0 Å². The van der Waals surface area contributed by atoms with Crippen molar-refractivity contribution >= 4 is 17.5 Å². The van der Waals surface area contributed by atoms with Crippen LogP contribution in [-0.2, 0) is 4.79 Å². The van der Waals surface area contributed by atoms with Crippen LogP contribution in [0.5, 0.6) is 0 Å². The van der Waals surface area contributed by atoms with Gasteiger partial charge in [-0.15, -0.1) is 0 Å². The van der Waals surface area contributed by atoms with Gasteiger partial charge in [-0.2, -0.15) is 18.3 Å². The Kier molecular flexibility index (Phi) is 7.69. The van der Waals surface area contributed by atoms with Gasteiger partial charge >= 0.3 is 6.18 Å². The second-order valence-corrected chi connectivity index (χ2v) is 10.5. The third-order valence-electron chi connectivity index (χ3n) is 7.40. The van der Waals surface area contributed by atoms with E-state index in [1.807, 2.05) is 0 Å². The first-order chi connectivity index (χ1) is 19.0. The van der Waals surface area contributed by atoms with Crippen LogP contribution in [0, 0.1) is 11.8 Å². The molecule has 2 atom stereocenters. The molecule has 0 aromatic carbocycles. The summed E-state index contributed by atoms with van der Waals surface area (Å²) < 4.78 is 67.0. The lowest BCUT2D eigenvalue weighted by Crippen LogP contribution is -2.37. The number of alkyl halides is 5. The van der Waals surface area contributed by atoms with Crippen LogP contribution in [-0.4, -0.2) is 48.5 Å². The van der Waals surface area contributed by atoms with Crippen molar-refractivity contribution in [3.8, 4) is 0 Å². The highest BCUT2D eigenvalue weighted by molar-refractivity contribution is 5.92. The van der Waals surface area contributed by atoms with Crippen LogP contribution < -0.4 is 10.6 Å². The molecule has 2 amide bonds. The van der Waals surface area contributed by atoms with E-state index in [2.05, 4.69) is 30.7 Å². The summed E-state index contributed by atoms with van der Waals surface area (Å²) in [5.74, 6) is -4.20. The first-order valence-corrected chi connectivity index (χ1v) is 13.1. The number of rotatable bonds is 9. The molecule has 0 saturated heterocycles. The van der Waals surface area contributed by atoms with Crippen molar-refractivity contribution in [2.45, 2.75) is 75.5 Å². The first-order valence-electron chi connectivity index (χ1n) is 13.1. The van der Waals surface area contributed by atoms with E-state index in [1.54, 1.807) is 12.3 Å². The Balaban J connectivity index is 1.39. The number of carbonyl (C=O) groups excluding carboxylic acids is 2. The van der Waals surface area contributed by atoms with Crippen LogP contribution in [0.4, 0.5) is 22.0 Å². The predicted octanol–water partition coefficient (Wildman–Crippen LogP) is 4.73. The highest BCUT2D eigenvalue weighted by atomic mass is 19.4. The number of carbonyl (C=O) groups is 2. The summed E-state index contributed by atoms with van der Waals surface area (Å²) in [7, 11) is 0. The number of halogens is 5. The van der Waals surface area contributed by atoms with E-state index < -0.39 is 48.8 Å². The minimum absolute atomic E-state index is 0.0753. The van der Waals surface area contributed by atoms with Gasteiger partial charge in [0.05, 0.1) is 42.8 Å². The smallest absolute Gasteiger partial charge is 0.349 e. The summed E-state index contributed by atoms with van der Waals surface area (Å²) in [6, 6.07) is 0.489. The summed E-state index contributed by atoms with van der Waals surface area (Å²) in [5, 5.41) is 9.98. The summed E-state index contributed by atoms with van der Waals surface area (Å²) in [5.41, 5.74) is 1.49. The van der Waals surface area contributed by atoms with Crippen LogP contribution in [0.1, 0.15) is 85.2 Å². The molecule has 0 radical (unpaired) electrons. The van der Waals surface area contributed by atoms with E-state index in [-0.39, 0.29) is 43.2 Å². The number of hydrogen-bond donors (Lipinski definition) is 2. The molecule has 0 bridgehead atoms. The van der Waals surface area contributed by atoms with E-state index in [4.69, 9.17) is 0 Å². The van der Waals surface area contributed by atoms with E-state index in [1.165, 1.54) is 29.3 Å².